The lowest BCUT2D eigenvalue weighted by atomic mass is 10.1. The normalized spacial score (nSPS) is 12.0. The Morgan fingerprint density at radius 2 is 1.82 bits per heavy atom. The Morgan fingerprint density at radius 1 is 1.05 bits per heavy atom. The van der Waals surface area contributed by atoms with Crippen LogP contribution in [0.25, 0.3) is 10.9 Å². The highest BCUT2D eigenvalue weighted by molar-refractivity contribution is 7.99. The molecule has 2 nitrogen and oxygen atoms in total. The third-order valence-electron chi connectivity index (χ3n) is 3.34. The number of aliphatic hydroxyl groups excluding tert-OH is 1. The van der Waals surface area contributed by atoms with Gasteiger partial charge >= 0.3 is 6.18 Å². The number of halogens is 3. The Bertz CT molecular complexity index is 616. The van der Waals surface area contributed by atoms with Gasteiger partial charge in [-0.15, -0.1) is 11.8 Å². The molecule has 0 amide bonds. The quantitative estimate of drug-likeness (QED) is 0.579. The number of alkyl halides is 3. The molecule has 0 aliphatic carbocycles. The number of thioether (sulfide) groups is 1. The van der Waals surface area contributed by atoms with Gasteiger partial charge in [0, 0.05) is 23.1 Å². The van der Waals surface area contributed by atoms with E-state index in [0.29, 0.717) is 5.52 Å². The molecule has 2 aromatic rings. The molecule has 120 valence electrons. The number of benzene rings is 1. The third kappa shape index (κ3) is 4.61. The highest BCUT2D eigenvalue weighted by Crippen LogP contribution is 2.33. The minimum Gasteiger partial charge on any atom is -0.396 e. The molecule has 0 unspecified atom stereocenters. The second-order valence-electron chi connectivity index (χ2n) is 5.03. The average Bonchev–Trinajstić information content (AvgIpc) is 2.49. The lowest BCUT2D eigenvalue weighted by molar-refractivity contribution is -0.137. The summed E-state index contributed by atoms with van der Waals surface area (Å²) in [5, 5.41) is 9.47. The Hall–Kier alpha value is -1.27. The Morgan fingerprint density at radius 3 is 2.55 bits per heavy atom. The van der Waals surface area contributed by atoms with Crippen LogP contribution in [-0.2, 0) is 6.18 Å². The van der Waals surface area contributed by atoms with E-state index < -0.39 is 11.7 Å². The van der Waals surface area contributed by atoms with Gasteiger partial charge in [0.2, 0.25) is 0 Å². The van der Waals surface area contributed by atoms with E-state index in [1.165, 1.54) is 6.07 Å². The topological polar surface area (TPSA) is 33.1 Å². The summed E-state index contributed by atoms with van der Waals surface area (Å²) < 4.78 is 38.1. The van der Waals surface area contributed by atoms with E-state index in [9.17, 15) is 13.2 Å². The minimum atomic E-state index is -4.34. The molecule has 6 heteroatoms. The van der Waals surface area contributed by atoms with Gasteiger partial charge in [0.15, 0.2) is 0 Å². The Balaban J connectivity index is 2.05. The molecule has 2 rings (SSSR count). The van der Waals surface area contributed by atoms with Crippen LogP contribution >= 0.6 is 11.8 Å². The van der Waals surface area contributed by atoms with Gasteiger partial charge in [0.05, 0.1) is 11.1 Å². The molecule has 0 spiro atoms. The van der Waals surface area contributed by atoms with E-state index in [4.69, 9.17) is 5.11 Å². The van der Waals surface area contributed by atoms with Crippen LogP contribution in [0.4, 0.5) is 13.2 Å². The summed E-state index contributed by atoms with van der Waals surface area (Å²) in [5.41, 5.74) is -0.293. The smallest absolute Gasteiger partial charge is 0.396 e. The molecule has 1 aromatic heterocycles. The lowest BCUT2D eigenvalue weighted by Crippen LogP contribution is -2.04. The number of unbranched alkanes of at least 4 members (excludes halogenated alkanes) is 3. The first kappa shape index (κ1) is 17.1. The van der Waals surface area contributed by atoms with Crippen LogP contribution in [0.2, 0.25) is 0 Å². The summed E-state index contributed by atoms with van der Waals surface area (Å²) >= 11 is 1.64. The minimum absolute atomic E-state index is 0.226. The maximum atomic E-state index is 12.7. The van der Waals surface area contributed by atoms with Crippen LogP contribution < -0.4 is 0 Å². The molecule has 0 aliphatic rings. The van der Waals surface area contributed by atoms with Gasteiger partial charge in [-0.25, -0.2) is 0 Å². The van der Waals surface area contributed by atoms with Gasteiger partial charge in [0.1, 0.15) is 0 Å². The molecular formula is C16H18F3NOS. The van der Waals surface area contributed by atoms with E-state index in [0.717, 1.165) is 53.9 Å². The number of aliphatic hydroxyl groups is 1. The van der Waals surface area contributed by atoms with Crippen LogP contribution in [-0.4, -0.2) is 22.5 Å². The number of hydrogen-bond acceptors (Lipinski definition) is 3. The van der Waals surface area contributed by atoms with E-state index in [1.807, 2.05) is 6.07 Å². The molecule has 0 saturated heterocycles. The van der Waals surface area contributed by atoms with Crippen LogP contribution in [0.1, 0.15) is 31.2 Å². The number of hydrogen-bond donors (Lipinski definition) is 1. The first-order valence-electron chi connectivity index (χ1n) is 7.22. The highest BCUT2D eigenvalue weighted by Gasteiger charge is 2.30. The number of nitrogens with zero attached hydrogens (tertiary/aromatic N) is 1. The predicted molar refractivity (Wildman–Crippen MR) is 83.0 cm³/mol. The second-order valence-corrected chi connectivity index (χ2v) is 6.16. The van der Waals surface area contributed by atoms with Crippen molar-refractivity contribution in [3.63, 3.8) is 0 Å². The maximum Gasteiger partial charge on any atom is 0.416 e. The van der Waals surface area contributed by atoms with Crippen LogP contribution in [0, 0.1) is 0 Å². The van der Waals surface area contributed by atoms with Gasteiger partial charge in [-0.2, -0.15) is 13.2 Å². The second kappa shape index (κ2) is 7.83. The van der Waals surface area contributed by atoms with Crippen molar-refractivity contribution >= 4 is 22.7 Å². The summed E-state index contributed by atoms with van der Waals surface area (Å²) in [6.45, 7) is 0.226. The number of rotatable bonds is 7. The fourth-order valence-corrected chi connectivity index (χ4v) is 3.23. The van der Waals surface area contributed by atoms with Gasteiger partial charge in [-0.1, -0.05) is 18.9 Å². The first-order chi connectivity index (χ1) is 10.5. The molecule has 0 aliphatic heterocycles. The molecule has 1 aromatic carbocycles. The van der Waals surface area contributed by atoms with Crippen molar-refractivity contribution in [2.45, 2.75) is 36.8 Å². The summed E-state index contributed by atoms with van der Waals surface area (Å²) in [6, 6.07) is 5.54. The van der Waals surface area contributed by atoms with Crippen molar-refractivity contribution in [1.29, 1.82) is 0 Å². The Labute approximate surface area is 131 Å². The molecule has 0 bridgehead atoms. The van der Waals surface area contributed by atoms with Gasteiger partial charge in [-0.05, 0) is 36.8 Å². The third-order valence-corrected chi connectivity index (χ3v) is 4.50. The SMILES string of the molecule is OCCCCCCSc1ccnc2cc(C(F)(F)F)ccc12. The van der Waals surface area contributed by atoms with Crippen molar-refractivity contribution in [2.75, 3.05) is 12.4 Å². The molecule has 0 radical (unpaired) electrons. The standard InChI is InChI=1S/C16H18F3NOS/c17-16(18,19)12-5-6-13-14(11-12)20-8-7-15(13)22-10-4-2-1-3-9-21/h5-8,11,21H,1-4,9-10H2. The van der Waals surface area contributed by atoms with Crippen LogP contribution in [0.5, 0.6) is 0 Å². The van der Waals surface area contributed by atoms with Crippen LogP contribution in [0.3, 0.4) is 0 Å². The number of pyridine rings is 1. The molecule has 1 N–H and O–H groups in total. The zero-order chi connectivity index (χ0) is 16.0. The van der Waals surface area contributed by atoms with E-state index in [-0.39, 0.29) is 6.61 Å². The molecule has 0 saturated carbocycles. The first-order valence-corrected chi connectivity index (χ1v) is 8.20. The predicted octanol–water partition coefficient (Wildman–Crippen LogP) is 4.90. The van der Waals surface area contributed by atoms with Crippen molar-refractivity contribution in [3.8, 4) is 0 Å². The van der Waals surface area contributed by atoms with Gasteiger partial charge in [0.25, 0.3) is 0 Å². The summed E-state index contributed by atoms with van der Waals surface area (Å²) in [4.78, 5) is 5.00. The van der Waals surface area contributed by atoms with Crippen molar-refractivity contribution in [1.82, 2.24) is 4.98 Å². The number of aromatic nitrogens is 1. The molecule has 1 heterocycles. The summed E-state index contributed by atoms with van der Waals surface area (Å²) in [5.74, 6) is 0.908. The van der Waals surface area contributed by atoms with E-state index in [2.05, 4.69) is 4.98 Å². The Kier molecular flexibility index (Phi) is 6.08. The number of fused-ring (bicyclic) bond motifs is 1. The van der Waals surface area contributed by atoms with Crippen molar-refractivity contribution in [3.05, 3.63) is 36.0 Å². The zero-order valence-electron chi connectivity index (χ0n) is 12.1. The van der Waals surface area contributed by atoms with Crippen molar-refractivity contribution < 1.29 is 18.3 Å². The van der Waals surface area contributed by atoms with Gasteiger partial charge < -0.3 is 5.11 Å². The van der Waals surface area contributed by atoms with Crippen molar-refractivity contribution in [2.24, 2.45) is 0 Å². The lowest BCUT2D eigenvalue weighted by Gasteiger charge is -2.09. The van der Waals surface area contributed by atoms with E-state index >= 15 is 0 Å². The van der Waals surface area contributed by atoms with E-state index in [1.54, 1.807) is 18.0 Å². The maximum absolute atomic E-state index is 12.7. The van der Waals surface area contributed by atoms with Crippen LogP contribution in [0.15, 0.2) is 35.4 Å². The molecular weight excluding hydrogens is 311 g/mol. The molecule has 22 heavy (non-hydrogen) atoms. The summed E-state index contributed by atoms with van der Waals surface area (Å²) in [6.07, 6.45) is 1.11. The molecule has 0 atom stereocenters. The fraction of sp³-hybridized carbons (Fsp3) is 0.438. The van der Waals surface area contributed by atoms with Gasteiger partial charge in [-0.3, -0.25) is 4.98 Å². The summed E-state index contributed by atoms with van der Waals surface area (Å²) in [7, 11) is 0. The average molecular weight is 329 g/mol. The zero-order valence-corrected chi connectivity index (χ0v) is 12.9. The largest absolute Gasteiger partial charge is 0.416 e. The highest BCUT2D eigenvalue weighted by atomic mass is 32.2. The fourth-order valence-electron chi connectivity index (χ4n) is 2.17. The molecule has 0 fully saturated rings. The monoisotopic (exact) mass is 329 g/mol.